The number of carbonyl (C=O) groups is 6. The summed E-state index contributed by atoms with van der Waals surface area (Å²) in [7, 11) is 0. The van der Waals surface area contributed by atoms with Gasteiger partial charge in [0.15, 0.2) is 11.3 Å². The number of fused-ring (bicyclic) bond motifs is 2. The molecule has 4 aliphatic rings. The number of ether oxygens (including phenoxy) is 3. The topological polar surface area (TPSA) is 317 Å². The molecule has 0 aliphatic carbocycles. The molecule has 10 N–H and O–H groups in total. The van der Waals surface area contributed by atoms with Gasteiger partial charge in [-0.1, -0.05) is 74.5 Å². The number of carbonyl (C=O) groups excluding carboxylic acids is 6. The van der Waals surface area contributed by atoms with Gasteiger partial charge in [-0.05, 0) is 225 Å². The minimum atomic E-state index is -0.430. The van der Waals surface area contributed by atoms with E-state index in [1.54, 1.807) is 102 Å². The van der Waals surface area contributed by atoms with Gasteiger partial charge in [0.05, 0.1) is 34.5 Å². The zero-order chi connectivity index (χ0) is 84.7. The van der Waals surface area contributed by atoms with Gasteiger partial charge in [0, 0.05) is 171 Å². The highest BCUT2D eigenvalue weighted by Crippen LogP contribution is 2.35. The Morgan fingerprint density at radius 1 is 0.525 bits per heavy atom. The third kappa shape index (κ3) is 23.6. The average Bonchev–Trinajstić information content (AvgIpc) is 1.60. The van der Waals surface area contributed by atoms with E-state index >= 15 is 4.39 Å². The number of benzene rings is 6. The van der Waals surface area contributed by atoms with Gasteiger partial charge in [0.2, 0.25) is 0 Å². The second-order valence-electron chi connectivity index (χ2n) is 31.9. The van der Waals surface area contributed by atoms with Gasteiger partial charge in [-0.2, -0.15) is 10.2 Å². The molecule has 2 atom stereocenters. The number of amides is 5. The lowest BCUT2D eigenvalue weighted by molar-refractivity contribution is 0.0255. The van der Waals surface area contributed by atoms with Crippen molar-refractivity contribution in [3.05, 3.63) is 225 Å². The number of rotatable bonds is 26. The number of aryl methyl sites for hydroxylation is 4. The first-order chi connectivity index (χ1) is 58.2. The van der Waals surface area contributed by atoms with Crippen molar-refractivity contribution in [1.29, 1.82) is 0 Å². The van der Waals surface area contributed by atoms with Crippen LogP contribution in [0, 0.1) is 11.6 Å². The number of likely N-dealkylation sites (tertiary alicyclic amines) is 1. The number of nitrogens with one attached hydrogen (secondary N) is 8. The van der Waals surface area contributed by atoms with Crippen LogP contribution >= 0.6 is 0 Å². The fourth-order valence-corrected chi connectivity index (χ4v) is 15.5. The number of hydrogen-bond acceptors (Lipinski definition) is 18. The van der Waals surface area contributed by atoms with Gasteiger partial charge in [0.1, 0.15) is 23.5 Å². The Hall–Kier alpha value is -11.4. The van der Waals surface area contributed by atoms with Gasteiger partial charge in [-0.25, -0.2) is 32.9 Å². The van der Waals surface area contributed by atoms with E-state index in [0.717, 1.165) is 170 Å². The molecule has 4 aromatic heterocycles. The van der Waals surface area contributed by atoms with E-state index in [0.29, 0.717) is 115 Å². The minimum absolute atomic E-state index is 0.142. The summed E-state index contributed by atoms with van der Waals surface area (Å²) >= 11 is 0. The van der Waals surface area contributed by atoms with Crippen molar-refractivity contribution in [1.82, 2.24) is 66.3 Å². The monoisotopic (exact) mass is 1640 g/mol. The number of aromatic nitrogens is 6. The molecule has 4 aliphatic heterocycles. The maximum atomic E-state index is 15.2. The Morgan fingerprint density at radius 2 is 1.00 bits per heavy atom. The predicted molar refractivity (Wildman–Crippen MR) is 464 cm³/mol. The highest BCUT2D eigenvalue weighted by atomic mass is 19.1. The quantitative estimate of drug-likeness (QED) is 0.0228. The summed E-state index contributed by atoms with van der Waals surface area (Å²) in [6.45, 7) is 23.2. The van der Waals surface area contributed by atoms with E-state index in [-0.39, 0.29) is 79.8 Å². The minimum Gasteiger partial charge on any atom is -0.444 e. The predicted octanol–water partition coefficient (Wildman–Crippen LogP) is 14.3. The SMILES string of the molecule is CC(C)(C)OC(=O)N1CCCC(N)CC1.CCc1nc2c(cnn2CC)c(NC2CCOCC2)c1CNC(=O)c1cccc(C(=O)NCc2ccc(F)c(-c3cccc(C=O)c3)c2)c1.CCc1nc2c(cnn2CC)c(NC2CCOCC2)c1CNC(=O)c1cccc(C(=O)NCc2ccc(F)c(-c3cccc(CNC4CCCNCC4)c3)c2)c1. The lowest BCUT2D eigenvalue weighted by atomic mass is 10.00. The first-order valence-corrected chi connectivity index (χ1v) is 42.3. The van der Waals surface area contributed by atoms with Crippen molar-refractivity contribution in [2.45, 2.75) is 201 Å². The number of pyridine rings is 2. The molecule has 634 valence electrons. The summed E-state index contributed by atoms with van der Waals surface area (Å²) in [4.78, 5) is 88.2. The molecule has 2 unspecified atom stereocenters. The number of hydrogen-bond donors (Lipinski definition) is 9. The van der Waals surface area contributed by atoms with E-state index in [1.165, 1.54) is 12.1 Å². The smallest absolute Gasteiger partial charge is 0.410 e. The number of nitrogens with zero attached hydrogens (tertiary/aromatic N) is 7. The Balaban J connectivity index is 0.000000189. The molecule has 0 spiro atoms. The van der Waals surface area contributed by atoms with E-state index < -0.39 is 11.4 Å². The van der Waals surface area contributed by atoms with Crippen LogP contribution in [0.4, 0.5) is 25.0 Å². The third-order valence-electron chi connectivity index (χ3n) is 22.1. The van der Waals surface area contributed by atoms with Gasteiger partial charge in [-0.3, -0.25) is 24.0 Å². The molecule has 5 amide bonds. The van der Waals surface area contributed by atoms with Crippen LogP contribution in [0.2, 0.25) is 0 Å². The van der Waals surface area contributed by atoms with Crippen LogP contribution in [-0.4, -0.2) is 153 Å². The number of aldehydes is 1. The molecule has 14 rings (SSSR count). The number of anilines is 2. The zero-order valence-electron chi connectivity index (χ0n) is 70.0. The van der Waals surface area contributed by atoms with Crippen LogP contribution < -0.4 is 48.3 Å². The summed E-state index contributed by atoms with van der Waals surface area (Å²) < 4.78 is 50.1. The van der Waals surface area contributed by atoms with Crippen LogP contribution in [0.3, 0.4) is 0 Å². The molecule has 0 bridgehead atoms. The van der Waals surface area contributed by atoms with Crippen molar-refractivity contribution in [2.24, 2.45) is 5.73 Å². The maximum Gasteiger partial charge on any atom is 0.410 e. The molecule has 6 aromatic carbocycles. The fourth-order valence-electron chi connectivity index (χ4n) is 15.5. The Kier molecular flexibility index (Phi) is 31.2. The van der Waals surface area contributed by atoms with Crippen LogP contribution in [0.15, 0.2) is 146 Å². The first kappa shape index (κ1) is 87.9. The van der Waals surface area contributed by atoms with Gasteiger partial charge in [-0.15, -0.1) is 0 Å². The van der Waals surface area contributed by atoms with Gasteiger partial charge < -0.3 is 67.4 Å². The molecular weight excluding hydrogens is 1520 g/mol. The molecule has 4 fully saturated rings. The first-order valence-electron chi connectivity index (χ1n) is 42.3. The second kappa shape index (κ2) is 42.5. The van der Waals surface area contributed by atoms with Gasteiger partial charge in [0.25, 0.3) is 23.6 Å². The van der Waals surface area contributed by atoms with Crippen molar-refractivity contribution >= 4 is 69.4 Å². The summed E-state index contributed by atoms with van der Waals surface area (Å²) in [6.07, 6.45) is 15.3. The Labute approximate surface area is 700 Å². The number of halogens is 2. The lowest BCUT2D eigenvalue weighted by Crippen LogP contribution is -2.37. The molecule has 4 saturated heterocycles. The second-order valence-corrected chi connectivity index (χ2v) is 31.9. The van der Waals surface area contributed by atoms with Crippen molar-refractivity contribution in [2.75, 3.05) is 63.2 Å². The Bertz CT molecular complexity index is 5200. The normalized spacial score (nSPS) is 16.0. The third-order valence-corrected chi connectivity index (χ3v) is 22.1. The number of nitrogens with two attached hydrogens (primary N) is 1. The highest BCUT2D eigenvalue weighted by Gasteiger charge is 2.28. The Morgan fingerprint density at radius 3 is 1.48 bits per heavy atom. The van der Waals surface area contributed by atoms with E-state index in [4.69, 9.17) is 29.9 Å². The van der Waals surface area contributed by atoms with E-state index in [1.807, 2.05) is 81.5 Å². The van der Waals surface area contributed by atoms with Crippen LogP contribution in [0.25, 0.3) is 44.3 Å². The maximum absolute atomic E-state index is 15.2. The van der Waals surface area contributed by atoms with Gasteiger partial charge >= 0.3 is 6.09 Å². The molecule has 8 heterocycles. The largest absolute Gasteiger partial charge is 0.444 e. The lowest BCUT2D eigenvalue weighted by Gasteiger charge is -2.26. The summed E-state index contributed by atoms with van der Waals surface area (Å²) in [5.74, 6) is -2.06. The molecule has 0 saturated carbocycles. The van der Waals surface area contributed by atoms with Crippen molar-refractivity contribution in [3.63, 3.8) is 0 Å². The molecule has 10 aromatic rings. The molecular formula is C93H114F2N16O9. The fraction of sp³-hybridized carbons (Fsp3) is 0.419. The average molecular weight is 1640 g/mol. The molecule has 0 radical (unpaired) electrons. The van der Waals surface area contributed by atoms with Crippen molar-refractivity contribution < 1.29 is 51.8 Å². The highest BCUT2D eigenvalue weighted by molar-refractivity contribution is 6.01. The zero-order valence-corrected chi connectivity index (χ0v) is 70.0. The standard InChI is InChI=1S/C44H53FN8O3.C38H39FN6O4.C11H22N2O2/c1-3-40-37(41(51-35-16-20-56-21-17-35)38-28-50-53(4-2)42(38)52-40)27-49-44(55)33-11-6-10-32(24-33)43(54)48-26-30-13-14-39(45)36(23-30)31-9-5-8-29(22-31)25-47-34-12-7-18-46-19-15-34;1-3-34-31(35(43-29-13-15-49-16-14-29)32-22-42-45(4-2)36(32)44-34)21-41-38(48)28-10-6-9-27(19-28)37(47)40-20-24-11-12-33(39)30(18-24)26-8-5-7-25(17-26)23-46;1-11(2,3)15-10(14)13-7-4-5-9(12)6-8-13/h5-6,8-11,13-14,22-24,28,34-35,46-47H,3-4,7,12,15-21,25-27H2,1-2H3,(H,48,54)(H,49,55)(H,51,52);5-12,17-19,22-23,29H,3-4,13-16,20-21H2,1-2H3,(H,40,47)(H,41,48)(H,43,44);9H,4-8,12H2,1-3H3. The molecule has 120 heavy (non-hydrogen) atoms. The summed E-state index contributed by atoms with van der Waals surface area (Å²) in [5, 5.41) is 37.5. The summed E-state index contributed by atoms with van der Waals surface area (Å²) in [6, 6.07) is 38.6. The molecule has 27 heteroatoms. The van der Waals surface area contributed by atoms with Crippen molar-refractivity contribution in [3.8, 4) is 22.3 Å². The molecule has 25 nitrogen and oxygen atoms in total. The van der Waals surface area contributed by atoms with Crippen LogP contribution in [-0.2, 0) is 72.9 Å². The summed E-state index contributed by atoms with van der Waals surface area (Å²) in [5.41, 5.74) is 19.1. The van der Waals surface area contributed by atoms with E-state index in [9.17, 15) is 33.2 Å². The van der Waals surface area contributed by atoms with Crippen LogP contribution in [0.5, 0.6) is 0 Å². The van der Waals surface area contributed by atoms with Crippen LogP contribution in [0.1, 0.15) is 204 Å². The van der Waals surface area contributed by atoms with E-state index in [2.05, 4.69) is 65.7 Å².